The van der Waals surface area contributed by atoms with Gasteiger partial charge in [-0.1, -0.05) is 13.8 Å². The Balaban J connectivity index is 2.32. The maximum Gasteiger partial charge on any atom is 0.269 e. The van der Waals surface area contributed by atoms with E-state index < -0.39 is 28.1 Å². The quantitative estimate of drug-likeness (QED) is 0.364. The molecule has 0 N–H and O–H groups in total. The van der Waals surface area contributed by atoms with Crippen LogP contribution in [0.4, 0.5) is 11.4 Å². The number of nitrogens with zero attached hydrogens (tertiary/aromatic N) is 2. The van der Waals surface area contributed by atoms with Gasteiger partial charge in [0.25, 0.3) is 5.69 Å². The van der Waals surface area contributed by atoms with Gasteiger partial charge in [0.05, 0.1) is 16.5 Å². The summed E-state index contributed by atoms with van der Waals surface area (Å²) in [5.41, 5.74) is -0.773. The van der Waals surface area contributed by atoms with E-state index in [-0.39, 0.29) is 17.8 Å². The Morgan fingerprint density at radius 1 is 1.29 bits per heavy atom. The maximum absolute atomic E-state index is 12.4. The number of non-ortho nitro benzene ring substituents is 1. The first-order chi connectivity index (χ1) is 9.77. The number of anilines is 1. The molecular formula is C14H14N2O5. The Bertz CT molecular complexity index is 621. The first kappa shape index (κ1) is 14.8. The predicted molar refractivity (Wildman–Crippen MR) is 73.5 cm³/mol. The minimum absolute atomic E-state index is 0.0401. The van der Waals surface area contributed by atoms with Crippen LogP contribution in [0.2, 0.25) is 0 Å². The zero-order valence-electron chi connectivity index (χ0n) is 11.6. The van der Waals surface area contributed by atoms with E-state index >= 15 is 0 Å². The second kappa shape index (κ2) is 5.08. The lowest BCUT2D eigenvalue weighted by molar-refractivity contribution is -0.384. The summed E-state index contributed by atoms with van der Waals surface area (Å²) in [7, 11) is 0. The molecule has 0 saturated carbocycles. The fourth-order valence-electron chi connectivity index (χ4n) is 2.29. The van der Waals surface area contributed by atoms with E-state index in [9.17, 15) is 24.5 Å². The third-order valence-corrected chi connectivity index (χ3v) is 3.67. The second-order valence-electron chi connectivity index (χ2n) is 5.54. The number of imide groups is 1. The molecule has 7 heteroatoms. The molecule has 1 aromatic carbocycles. The van der Waals surface area contributed by atoms with Crippen LogP contribution in [-0.4, -0.2) is 23.0 Å². The summed E-state index contributed by atoms with van der Waals surface area (Å²) < 4.78 is 0. The van der Waals surface area contributed by atoms with Gasteiger partial charge in [0.2, 0.25) is 11.8 Å². The minimum Gasteiger partial charge on any atom is -0.303 e. The molecule has 1 heterocycles. The van der Waals surface area contributed by atoms with Gasteiger partial charge in [-0.05, 0) is 12.1 Å². The molecule has 1 saturated heterocycles. The molecule has 2 rings (SSSR count). The Morgan fingerprint density at radius 2 is 1.86 bits per heavy atom. The molecule has 1 aliphatic rings. The second-order valence-corrected chi connectivity index (χ2v) is 5.54. The van der Waals surface area contributed by atoms with Crippen LogP contribution < -0.4 is 4.90 Å². The molecule has 1 aliphatic heterocycles. The highest BCUT2D eigenvalue weighted by Crippen LogP contribution is 2.36. The highest BCUT2D eigenvalue weighted by Gasteiger charge is 2.47. The summed E-state index contributed by atoms with van der Waals surface area (Å²) in [6.45, 7) is 3.21. The van der Waals surface area contributed by atoms with Gasteiger partial charge in [0, 0.05) is 24.0 Å². The molecule has 0 aromatic heterocycles. The molecule has 7 nitrogen and oxygen atoms in total. The number of nitro groups is 1. The molecule has 0 unspecified atom stereocenters. The van der Waals surface area contributed by atoms with Crippen molar-refractivity contribution < 1.29 is 19.3 Å². The Kier molecular flexibility index (Phi) is 3.59. The summed E-state index contributed by atoms with van der Waals surface area (Å²) in [5.74, 6) is -1.57. The number of amides is 2. The highest BCUT2D eigenvalue weighted by atomic mass is 16.6. The van der Waals surface area contributed by atoms with Gasteiger partial charge in [-0.2, -0.15) is 0 Å². The molecular weight excluding hydrogens is 276 g/mol. The number of nitro benzene ring substituents is 1. The van der Waals surface area contributed by atoms with Gasteiger partial charge in [0.15, 0.2) is 0 Å². The maximum atomic E-state index is 12.4. The summed E-state index contributed by atoms with van der Waals surface area (Å²) in [5, 5.41) is 10.6. The van der Waals surface area contributed by atoms with Crippen molar-refractivity contribution in [1.29, 1.82) is 0 Å². The number of benzene rings is 1. The molecule has 1 atom stereocenters. The number of rotatable bonds is 4. The van der Waals surface area contributed by atoms with Crippen LogP contribution >= 0.6 is 0 Å². The molecule has 0 radical (unpaired) electrons. The zero-order chi connectivity index (χ0) is 15.8. The topological polar surface area (TPSA) is 97.6 Å². The van der Waals surface area contributed by atoms with Crippen molar-refractivity contribution in [3.05, 3.63) is 34.4 Å². The molecule has 1 aromatic rings. The summed E-state index contributed by atoms with van der Waals surface area (Å²) >= 11 is 0. The third-order valence-electron chi connectivity index (χ3n) is 3.67. The Labute approximate surface area is 120 Å². The molecule has 110 valence electrons. The number of hydrogen-bond acceptors (Lipinski definition) is 5. The van der Waals surface area contributed by atoms with Crippen LogP contribution in [0, 0.1) is 21.4 Å². The number of carbonyl (C=O) groups is 3. The molecule has 1 fully saturated rings. The minimum atomic E-state index is -0.928. The van der Waals surface area contributed by atoms with E-state index in [0.29, 0.717) is 6.29 Å². The monoisotopic (exact) mass is 290 g/mol. The van der Waals surface area contributed by atoms with Crippen molar-refractivity contribution in [3.8, 4) is 0 Å². The first-order valence-electron chi connectivity index (χ1n) is 6.35. The van der Waals surface area contributed by atoms with Crippen molar-refractivity contribution in [2.45, 2.75) is 20.3 Å². The van der Waals surface area contributed by atoms with Gasteiger partial charge in [-0.25, -0.2) is 0 Å². The van der Waals surface area contributed by atoms with Gasteiger partial charge in [0.1, 0.15) is 6.29 Å². The fourth-order valence-corrected chi connectivity index (χ4v) is 2.29. The van der Waals surface area contributed by atoms with E-state index in [1.165, 1.54) is 24.3 Å². The number of carbonyl (C=O) groups excluding carboxylic acids is 3. The van der Waals surface area contributed by atoms with Gasteiger partial charge in [-0.3, -0.25) is 24.6 Å². The summed E-state index contributed by atoms with van der Waals surface area (Å²) in [6, 6.07) is 5.16. The first-order valence-corrected chi connectivity index (χ1v) is 6.35. The van der Waals surface area contributed by atoms with Crippen molar-refractivity contribution in [2.75, 3.05) is 4.90 Å². The van der Waals surface area contributed by atoms with Crippen molar-refractivity contribution >= 4 is 29.5 Å². The standard InChI is InChI=1S/C14H14N2O5/c1-14(2,8-17)11-7-12(18)15(13(11)19)9-3-5-10(6-4-9)16(20)21/h3-6,8,11H,7H2,1-2H3/t11-/m0/s1. The smallest absolute Gasteiger partial charge is 0.269 e. The lowest BCUT2D eigenvalue weighted by Crippen LogP contribution is -2.35. The Hall–Kier alpha value is -2.57. The molecule has 21 heavy (non-hydrogen) atoms. The van der Waals surface area contributed by atoms with E-state index in [4.69, 9.17) is 0 Å². The average Bonchev–Trinajstić information content (AvgIpc) is 2.75. The van der Waals surface area contributed by atoms with Crippen LogP contribution in [0.3, 0.4) is 0 Å². The SMILES string of the molecule is CC(C)(C=O)[C@H]1CC(=O)N(c2ccc([N+](=O)[O-])cc2)C1=O. The number of hydrogen-bond donors (Lipinski definition) is 0. The van der Waals surface area contributed by atoms with E-state index in [1.54, 1.807) is 13.8 Å². The summed E-state index contributed by atoms with van der Waals surface area (Å²) in [4.78, 5) is 46.5. The Morgan fingerprint density at radius 3 is 2.33 bits per heavy atom. The van der Waals surface area contributed by atoms with Crippen LogP contribution in [-0.2, 0) is 14.4 Å². The molecule has 2 amide bonds. The van der Waals surface area contributed by atoms with E-state index in [0.717, 1.165) is 4.90 Å². The van der Waals surface area contributed by atoms with Crippen molar-refractivity contribution in [1.82, 2.24) is 0 Å². The largest absolute Gasteiger partial charge is 0.303 e. The third kappa shape index (κ3) is 2.54. The predicted octanol–water partition coefficient (Wildman–Crippen LogP) is 1.70. The van der Waals surface area contributed by atoms with E-state index in [2.05, 4.69) is 0 Å². The van der Waals surface area contributed by atoms with Crippen molar-refractivity contribution in [3.63, 3.8) is 0 Å². The van der Waals surface area contributed by atoms with Crippen LogP contribution in [0.5, 0.6) is 0 Å². The fraction of sp³-hybridized carbons (Fsp3) is 0.357. The average molecular weight is 290 g/mol. The van der Waals surface area contributed by atoms with Gasteiger partial charge in [-0.15, -0.1) is 0 Å². The molecule has 0 spiro atoms. The van der Waals surface area contributed by atoms with Crippen LogP contribution in [0.1, 0.15) is 20.3 Å². The van der Waals surface area contributed by atoms with Gasteiger partial charge < -0.3 is 4.79 Å². The lowest BCUT2D eigenvalue weighted by atomic mass is 9.79. The van der Waals surface area contributed by atoms with Crippen molar-refractivity contribution in [2.24, 2.45) is 11.3 Å². The summed E-state index contributed by atoms with van der Waals surface area (Å²) in [6.07, 6.45) is 0.629. The highest BCUT2D eigenvalue weighted by molar-refractivity contribution is 6.21. The number of aldehydes is 1. The van der Waals surface area contributed by atoms with Crippen LogP contribution in [0.25, 0.3) is 0 Å². The lowest BCUT2D eigenvalue weighted by Gasteiger charge is -2.23. The van der Waals surface area contributed by atoms with Crippen LogP contribution in [0.15, 0.2) is 24.3 Å². The molecule has 0 aliphatic carbocycles. The molecule has 0 bridgehead atoms. The van der Waals surface area contributed by atoms with Gasteiger partial charge >= 0.3 is 0 Å². The zero-order valence-corrected chi connectivity index (χ0v) is 11.6. The normalized spacial score (nSPS) is 19.0. The van der Waals surface area contributed by atoms with E-state index in [1.807, 2.05) is 0 Å².